The third-order valence-corrected chi connectivity index (χ3v) is 8.12. The molecule has 1 atom stereocenters. The summed E-state index contributed by atoms with van der Waals surface area (Å²) in [6.45, 7) is 15.5. The van der Waals surface area contributed by atoms with Crippen LogP contribution < -0.4 is 5.32 Å². The van der Waals surface area contributed by atoms with Gasteiger partial charge in [0.25, 0.3) is 0 Å². The maximum Gasteiger partial charge on any atom is 0.193 e. The van der Waals surface area contributed by atoms with E-state index in [0.717, 1.165) is 45.2 Å². The van der Waals surface area contributed by atoms with E-state index in [1.165, 1.54) is 0 Å². The highest BCUT2D eigenvalue weighted by atomic mass is 127. The lowest BCUT2D eigenvalue weighted by Gasteiger charge is -2.40. The molecule has 0 radical (unpaired) electrons. The Labute approximate surface area is 176 Å². The molecule has 2 heterocycles. The summed E-state index contributed by atoms with van der Waals surface area (Å²) in [5, 5.41) is 3.45. The van der Waals surface area contributed by atoms with E-state index in [-0.39, 0.29) is 29.7 Å². The van der Waals surface area contributed by atoms with E-state index in [4.69, 9.17) is 0 Å². The molecule has 0 aromatic heterocycles. The predicted molar refractivity (Wildman–Crippen MR) is 119 cm³/mol. The summed E-state index contributed by atoms with van der Waals surface area (Å²) >= 11 is 0. The maximum absolute atomic E-state index is 12.2. The van der Waals surface area contributed by atoms with Crippen molar-refractivity contribution in [3.05, 3.63) is 0 Å². The first-order valence-corrected chi connectivity index (χ1v) is 11.0. The molecule has 7 nitrogen and oxygen atoms in total. The van der Waals surface area contributed by atoms with Crippen LogP contribution in [-0.2, 0) is 9.84 Å². The fourth-order valence-electron chi connectivity index (χ4n) is 3.55. The molecule has 0 aliphatic carbocycles. The largest absolute Gasteiger partial charge is 0.355 e. The lowest BCUT2D eigenvalue weighted by Crippen LogP contribution is -2.58. The maximum atomic E-state index is 12.2. The van der Waals surface area contributed by atoms with Crippen LogP contribution in [0.5, 0.6) is 0 Å². The average molecular weight is 501 g/mol. The number of piperazine rings is 1. The van der Waals surface area contributed by atoms with Crippen LogP contribution in [0, 0.1) is 0 Å². The van der Waals surface area contributed by atoms with Crippen LogP contribution in [0.4, 0.5) is 0 Å². The molecule has 0 saturated carbocycles. The molecule has 154 valence electrons. The van der Waals surface area contributed by atoms with Gasteiger partial charge in [-0.1, -0.05) is 6.92 Å². The molecule has 2 rings (SSSR count). The first-order chi connectivity index (χ1) is 11.7. The number of hydrogen-bond acceptors (Lipinski definition) is 5. The zero-order valence-electron chi connectivity index (χ0n) is 16.9. The van der Waals surface area contributed by atoms with Crippen LogP contribution in [0.1, 0.15) is 27.7 Å². The highest BCUT2D eigenvalue weighted by Crippen LogP contribution is 2.23. The fourth-order valence-corrected chi connectivity index (χ4v) is 4.91. The number of halogens is 1. The standard InChI is InChI=1S/C17H35N5O2S.HI/c1-6-20-7-9-21(10-8-20)15(2)13-19-16(18-5)22-11-12-25(23,24)17(3,4)14-22;/h15H,6-14H2,1-5H3,(H,18,19);1H. The van der Waals surface area contributed by atoms with Crippen molar-refractivity contribution < 1.29 is 8.42 Å². The lowest BCUT2D eigenvalue weighted by molar-refractivity contribution is 0.107. The van der Waals surface area contributed by atoms with Gasteiger partial charge in [0.05, 0.1) is 10.5 Å². The summed E-state index contributed by atoms with van der Waals surface area (Å²) in [7, 11) is -1.26. The van der Waals surface area contributed by atoms with Gasteiger partial charge in [-0.05, 0) is 27.3 Å². The summed E-state index contributed by atoms with van der Waals surface area (Å²) in [5.74, 6) is 0.997. The highest BCUT2D eigenvalue weighted by molar-refractivity contribution is 14.0. The smallest absolute Gasteiger partial charge is 0.193 e. The minimum Gasteiger partial charge on any atom is -0.355 e. The van der Waals surface area contributed by atoms with E-state index in [0.29, 0.717) is 19.1 Å². The second-order valence-corrected chi connectivity index (χ2v) is 10.5. The molecule has 0 aromatic carbocycles. The topological polar surface area (TPSA) is 68.2 Å². The average Bonchev–Trinajstić information content (AvgIpc) is 2.58. The van der Waals surface area contributed by atoms with Gasteiger partial charge >= 0.3 is 0 Å². The van der Waals surface area contributed by atoms with Crippen LogP contribution >= 0.6 is 24.0 Å². The molecule has 26 heavy (non-hydrogen) atoms. The van der Waals surface area contributed by atoms with Crippen molar-refractivity contribution in [3.63, 3.8) is 0 Å². The Bertz CT molecular complexity index is 574. The van der Waals surface area contributed by atoms with E-state index in [2.05, 4.69) is 38.9 Å². The molecular formula is C17H36IN5O2S. The summed E-state index contributed by atoms with van der Waals surface area (Å²) in [4.78, 5) is 11.4. The summed E-state index contributed by atoms with van der Waals surface area (Å²) in [5.41, 5.74) is 0. The van der Waals surface area contributed by atoms with Gasteiger partial charge in [-0.3, -0.25) is 9.89 Å². The van der Waals surface area contributed by atoms with Crippen LogP contribution in [0.25, 0.3) is 0 Å². The normalized spacial score (nSPS) is 25.4. The Morgan fingerprint density at radius 2 is 1.81 bits per heavy atom. The zero-order valence-corrected chi connectivity index (χ0v) is 20.0. The van der Waals surface area contributed by atoms with Crippen molar-refractivity contribution in [2.75, 3.05) is 65.2 Å². The summed E-state index contributed by atoms with van der Waals surface area (Å²) < 4.78 is 23.6. The number of hydrogen-bond donors (Lipinski definition) is 1. The summed E-state index contributed by atoms with van der Waals surface area (Å²) in [6.07, 6.45) is 0. The van der Waals surface area contributed by atoms with Gasteiger partial charge < -0.3 is 15.1 Å². The zero-order chi connectivity index (χ0) is 18.7. The van der Waals surface area contributed by atoms with Gasteiger partial charge in [0.2, 0.25) is 0 Å². The number of likely N-dealkylation sites (N-methyl/N-ethyl adjacent to an activating group) is 1. The third-order valence-electron chi connectivity index (χ3n) is 5.59. The Hall–Kier alpha value is -0.130. The van der Waals surface area contributed by atoms with Crippen molar-refractivity contribution in [2.24, 2.45) is 4.99 Å². The first kappa shape index (κ1) is 23.9. The Morgan fingerprint density at radius 1 is 1.19 bits per heavy atom. The second-order valence-electron chi connectivity index (χ2n) is 7.75. The molecule has 2 aliphatic rings. The SMILES string of the molecule is CCN1CCN(C(C)CNC(=NC)N2CCS(=O)(=O)C(C)(C)C2)CC1.I. The molecule has 0 aromatic rings. The molecule has 2 saturated heterocycles. The Kier molecular flexibility index (Phi) is 9.09. The monoisotopic (exact) mass is 501 g/mol. The molecule has 2 aliphatic heterocycles. The van der Waals surface area contributed by atoms with Crippen molar-refractivity contribution in [3.8, 4) is 0 Å². The molecule has 0 amide bonds. The van der Waals surface area contributed by atoms with Gasteiger partial charge in [0.1, 0.15) is 0 Å². The molecule has 2 fully saturated rings. The van der Waals surface area contributed by atoms with Gasteiger partial charge in [0.15, 0.2) is 15.8 Å². The van der Waals surface area contributed by atoms with Crippen molar-refractivity contribution in [1.29, 1.82) is 0 Å². The van der Waals surface area contributed by atoms with E-state index < -0.39 is 14.6 Å². The number of nitrogens with zero attached hydrogens (tertiary/aromatic N) is 4. The number of aliphatic imine (C=N–C) groups is 1. The predicted octanol–water partition coefficient (Wildman–Crippen LogP) is 0.715. The number of sulfone groups is 1. The molecule has 1 N–H and O–H groups in total. The van der Waals surface area contributed by atoms with E-state index >= 15 is 0 Å². The molecular weight excluding hydrogens is 465 g/mol. The number of nitrogens with one attached hydrogen (secondary N) is 1. The fraction of sp³-hybridized carbons (Fsp3) is 0.941. The first-order valence-electron chi connectivity index (χ1n) is 9.34. The molecule has 0 bridgehead atoms. The Balaban J connectivity index is 0.00000338. The molecule has 9 heteroatoms. The van der Waals surface area contributed by atoms with Crippen molar-refractivity contribution >= 4 is 39.8 Å². The van der Waals surface area contributed by atoms with Crippen LogP contribution in [0.2, 0.25) is 0 Å². The minimum atomic E-state index is -3.03. The molecule has 1 unspecified atom stereocenters. The number of rotatable bonds is 4. The second kappa shape index (κ2) is 9.88. The lowest BCUT2D eigenvalue weighted by atomic mass is 10.2. The highest BCUT2D eigenvalue weighted by Gasteiger charge is 2.41. The Morgan fingerprint density at radius 3 is 2.31 bits per heavy atom. The van der Waals surface area contributed by atoms with E-state index in [1.54, 1.807) is 20.9 Å². The van der Waals surface area contributed by atoms with Crippen molar-refractivity contribution in [1.82, 2.24) is 20.0 Å². The van der Waals surface area contributed by atoms with E-state index in [1.807, 2.05) is 0 Å². The van der Waals surface area contributed by atoms with Gasteiger partial charge in [0, 0.05) is 58.9 Å². The third kappa shape index (κ3) is 5.68. The van der Waals surface area contributed by atoms with Crippen LogP contribution in [0.15, 0.2) is 4.99 Å². The van der Waals surface area contributed by atoms with Gasteiger partial charge in [-0.25, -0.2) is 8.42 Å². The van der Waals surface area contributed by atoms with E-state index in [9.17, 15) is 8.42 Å². The van der Waals surface area contributed by atoms with Crippen LogP contribution in [-0.4, -0.2) is 105 Å². The quantitative estimate of drug-likeness (QED) is 0.348. The van der Waals surface area contributed by atoms with Gasteiger partial charge in [-0.2, -0.15) is 0 Å². The number of guanidine groups is 1. The summed E-state index contributed by atoms with van der Waals surface area (Å²) in [6, 6.07) is 0.428. The minimum absolute atomic E-state index is 0. The van der Waals surface area contributed by atoms with Crippen molar-refractivity contribution in [2.45, 2.75) is 38.5 Å². The molecule has 0 spiro atoms. The van der Waals surface area contributed by atoms with Crippen LogP contribution in [0.3, 0.4) is 0 Å². The van der Waals surface area contributed by atoms with Gasteiger partial charge in [-0.15, -0.1) is 24.0 Å².